The largest absolute Gasteiger partial charge is 0.375 e. The van der Waals surface area contributed by atoms with E-state index in [1.807, 2.05) is 6.92 Å². The van der Waals surface area contributed by atoms with Crippen LogP contribution in [-0.4, -0.2) is 16.6 Å². The molecule has 0 aliphatic rings. The van der Waals surface area contributed by atoms with E-state index in [0.29, 0.717) is 18.4 Å². The molecule has 0 atom stereocenters. The Hall–Kier alpha value is -0.670. The highest BCUT2D eigenvalue weighted by Gasteiger charge is 1.93. The minimum Gasteiger partial charge on any atom is -0.375 e. The maximum absolute atomic E-state index is 5.53. The summed E-state index contributed by atoms with van der Waals surface area (Å²) in [5, 5.41) is 0.408. The molecule has 0 aliphatic carbocycles. The summed E-state index contributed by atoms with van der Waals surface area (Å²) in [5.74, 6) is 0. The minimum atomic E-state index is 0.408. The lowest BCUT2D eigenvalue weighted by Gasteiger charge is -1.98. The predicted octanol–water partition coefficient (Wildman–Crippen LogP) is 1.67. The van der Waals surface area contributed by atoms with E-state index in [2.05, 4.69) is 9.97 Å². The van der Waals surface area contributed by atoms with Gasteiger partial charge in [-0.1, -0.05) is 11.6 Å². The molecule has 0 aliphatic heterocycles. The van der Waals surface area contributed by atoms with Gasteiger partial charge in [0.25, 0.3) is 0 Å². The Bertz CT molecular complexity index is 212. The maximum Gasteiger partial charge on any atom is 0.147 e. The molecule has 1 aromatic heterocycles. The number of hydrogen-bond acceptors (Lipinski definition) is 3. The van der Waals surface area contributed by atoms with Crippen molar-refractivity contribution in [2.24, 2.45) is 0 Å². The Morgan fingerprint density at radius 2 is 2.27 bits per heavy atom. The van der Waals surface area contributed by atoms with Gasteiger partial charge in [-0.25, -0.2) is 4.98 Å². The summed E-state index contributed by atoms with van der Waals surface area (Å²) in [4.78, 5) is 7.85. The van der Waals surface area contributed by atoms with Gasteiger partial charge in [-0.15, -0.1) is 0 Å². The summed E-state index contributed by atoms with van der Waals surface area (Å²) < 4.78 is 5.11. The molecule has 0 N–H and O–H groups in total. The lowest BCUT2D eigenvalue weighted by molar-refractivity contribution is 0.131. The predicted molar refractivity (Wildman–Crippen MR) is 42.4 cm³/mol. The molecule has 4 heteroatoms. The lowest BCUT2D eigenvalue weighted by Crippen LogP contribution is -1.95. The van der Waals surface area contributed by atoms with E-state index in [9.17, 15) is 0 Å². The van der Waals surface area contributed by atoms with Crippen LogP contribution in [0.2, 0.25) is 5.15 Å². The highest BCUT2D eigenvalue weighted by molar-refractivity contribution is 6.29. The zero-order valence-corrected chi connectivity index (χ0v) is 7.01. The van der Waals surface area contributed by atoms with Crippen LogP contribution in [0.25, 0.3) is 0 Å². The highest BCUT2D eigenvalue weighted by Crippen LogP contribution is 2.01. The summed E-state index contributed by atoms with van der Waals surface area (Å²) in [6.07, 6.45) is 3.12. The van der Waals surface area contributed by atoms with Crippen molar-refractivity contribution in [3.05, 3.63) is 23.2 Å². The Labute approximate surface area is 70.4 Å². The molecule has 1 rings (SSSR count). The highest BCUT2D eigenvalue weighted by atomic mass is 35.5. The molecule has 0 aromatic carbocycles. The van der Waals surface area contributed by atoms with Gasteiger partial charge in [-0.3, -0.25) is 4.98 Å². The molecule has 0 bridgehead atoms. The molecule has 0 saturated carbocycles. The van der Waals surface area contributed by atoms with Gasteiger partial charge in [0.2, 0.25) is 0 Å². The number of ether oxygens (including phenoxy) is 1. The number of aromatic nitrogens is 2. The number of halogens is 1. The third-order valence-corrected chi connectivity index (χ3v) is 1.32. The van der Waals surface area contributed by atoms with Gasteiger partial charge in [0.1, 0.15) is 5.15 Å². The van der Waals surface area contributed by atoms with Gasteiger partial charge in [0.05, 0.1) is 24.7 Å². The standard InChI is InChI=1S/C7H9ClN2O/c1-2-11-5-6-3-10-7(8)4-9-6/h3-4H,2,5H2,1H3. The van der Waals surface area contributed by atoms with Crippen LogP contribution >= 0.6 is 11.6 Å². The fraction of sp³-hybridized carbons (Fsp3) is 0.429. The average molecular weight is 173 g/mol. The fourth-order valence-electron chi connectivity index (χ4n) is 0.620. The topological polar surface area (TPSA) is 35.0 Å². The summed E-state index contributed by atoms with van der Waals surface area (Å²) in [6.45, 7) is 3.12. The lowest BCUT2D eigenvalue weighted by atomic mass is 10.5. The number of nitrogens with zero attached hydrogens (tertiary/aromatic N) is 2. The van der Waals surface area contributed by atoms with Crippen molar-refractivity contribution in [1.29, 1.82) is 0 Å². The molecular weight excluding hydrogens is 164 g/mol. The molecule has 0 unspecified atom stereocenters. The zero-order chi connectivity index (χ0) is 8.10. The molecule has 0 radical (unpaired) electrons. The number of rotatable bonds is 3. The SMILES string of the molecule is CCOCc1cnc(Cl)cn1. The van der Waals surface area contributed by atoms with Crippen molar-refractivity contribution in [1.82, 2.24) is 9.97 Å². The molecule has 11 heavy (non-hydrogen) atoms. The van der Waals surface area contributed by atoms with Gasteiger partial charge < -0.3 is 4.74 Å². The van der Waals surface area contributed by atoms with Gasteiger partial charge >= 0.3 is 0 Å². The quantitative estimate of drug-likeness (QED) is 0.696. The van der Waals surface area contributed by atoms with E-state index in [1.54, 1.807) is 6.20 Å². The second-order valence-corrected chi connectivity index (χ2v) is 2.35. The van der Waals surface area contributed by atoms with Crippen LogP contribution in [0.4, 0.5) is 0 Å². The molecule has 60 valence electrons. The van der Waals surface area contributed by atoms with Crippen molar-refractivity contribution < 1.29 is 4.74 Å². The molecule has 0 saturated heterocycles. The molecule has 1 heterocycles. The second kappa shape index (κ2) is 4.26. The van der Waals surface area contributed by atoms with Gasteiger partial charge in [0, 0.05) is 6.61 Å². The molecule has 0 fully saturated rings. The van der Waals surface area contributed by atoms with Crippen LogP contribution < -0.4 is 0 Å². The monoisotopic (exact) mass is 172 g/mol. The summed E-state index contributed by atoms with van der Waals surface area (Å²) in [5.41, 5.74) is 0.802. The maximum atomic E-state index is 5.53. The summed E-state index contributed by atoms with van der Waals surface area (Å²) in [7, 11) is 0. The van der Waals surface area contributed by atoms with Gasteiger partial charge in [-0.05, 0) is 6.92 Å². The third kappa shape index (κ3) is 2.82. The van der Waals surface area contributed by atoms with Crippen LogP contribution in [0.3, 0.4) is 0 Å². The van der Waals surface area contributed by atoms with Gasteiger partial charge in [-0.2, -0.15) is 0 Å². The van der Waals surface area contributed by atoms with E-state index < -0.39 is 0 Å². The fourth-order valence-corrected chi connectivity index (χ4v) is 0.718. The third-order valence-electron chi connectivity index (χ3n) is 1.13. The van der Waals surface area contributed by atoms with E-state index >= 15 is 0 Å². The van der Waals surface area contributed by atoms with E-state index in [-0.39, 0.29) is 0 Å². The first-order valence-corrected chi connectivity index (χ1v) is 3.75. The van der Waals surface area contributed by atoms with Crippen molar-refractivity contribution in [2.75, 3.05) is 6.61 Å². The first kappa shape index (κ1) is 8.43. The van der Waals surface area contributed by atoms with Crippen LogP contribution in [0, 0.1) is 0 Å². The van der Waals surface area contributed by atoms with Crippen molar-refractivity contribution >= 4 is 11.6 Å². The Morgan fingerprint density at radius 1 is 1.45 bits per heavy atom. The molecular formula is C7H9ClN2O. The second-order valence-electron chi connectivity index (χ2n) is 1.97. The molecule has 3 nitrogen and oxygen atoms in total. The normalized spacial score (nSPS) is 10.0. The average Bonchev–Trinajstić information content (AvgIpc) is 2.04. The zero-order valence-electron chi connectivity index (χ0n) is 6.25. The van der Waals surface area contributed by atoms with Crippen molar-refractivity contribution in [2.45, 2.75) is 13.5 Å². The van der Waals surface area contributed by atoms with Crippen LogP contribution in [0.1, 0.15) is 12.6 Å². The van der Waals surface area contributed by atoms with Crippen molar-refractivity contribution in [3.8, 4) is 0 Å². The first-order valence-electron chi connectivity index (χ1n) is 3.37. The van der Waals surface area contributed by atoms with E-state index in [4.69, 9.17) is 16.3 Å². The van der Waals surface area contributed by atoms with E-state index in [1.165, 1.54) is 6.20 Å². The van der Waals surface area contributed by atoms with Crippen LogP contribution in [0.5, 0.6) is 0 Å². The first-order chi connectivity index (χ1) is 5.33. The summed E-state index contributed by atoms with van der Waals surface area (Å²) in [6, 6.07) is 0. The Balaban J connectivity index is 2.52. The Kier molecular flexibility index (Phi) is 3.26. The van der Waals surface area contributed by atoms with Gasteiger partial charge in [0.15, 0.2) is 0 Å². The molecule has 0 amide bonds. The number of hydrogen-bond donors (Lipinski definition) is 0. The smallest absolute Gasteiger partial charge is 0.147 e. The van der Waals surface area contributed by atoms with Crippen LogP contribution in [0.15, 0.2) is 12.4 Å². The van der Waals surface area contributed by atoms with E-state index in [0.717, 1.165) is 5.69 Å². The molecule has 1 aromatic rings. The van der Waals surface area contributed by atoms with Crippen molar-refractivity contribution in [3.63, 3.8) is 0 Å². The Morgan fingerprint density at radius 3 is 2.82 bits per heavy atom. The molecule has 0 spiro atoms. The minimum absolute atomic E-state index is 0.408. The van der Waals surface area contributed by atoms with Crippen LogP contribution in [-0.2, 0) is 11.3 Å². The summed E-state index contributed by atoms with van der Waals surface area (Å²) >= 11 is 5.53.